The van der Waals surface area contributed by atoms with Crippen LogP contribution in [0.1, 0.15) is 12.0 Å². The number of carbonyl (C=O) groups excluding carboxylic acids is 1. The molecule has 16 heavy (non-hydrogen) atoms. The van der Waals surface area contributed by atoms with E-state index >= 15 is 0 Å². The topological polar surface area (TPSA) is 42.4 Å². The molecular weight excluding hydrogens is 272 g/mol. The van der Waals surface area contributed by atoms with Gasteiger partial charge < -0.3 is 9.64 Å². The van der Waals surface area contributed by atoms with E-state index in [9.17, 15) is 4.79 Å². The Bertz CT molecular complexity index is 382. The maximum Gasteiger partial charge on any atom is 0.307 e. The van der Waals surface area contributed by atoms with Gasteiger partial charge in [-0.3, -0.25) is 4.79 Å². The molecule has 0 atom stereocenters. The van der Waals surface area contributed by atoms with Gasteiger partial charge in [0.1, 0.15) is 5.82 Å². The van der Waals surface area contributed by atoms with Crippen LogP contribution in [-0.2, 0) is 9.53 Å². The van der Waals surface area contributed by atoms with Crippen molar-refractivity contribution in [3.8, 4) is 0 Å². The van der Waals surface area contributed by atoms with Crippen molar-refractivity contribution in [3.63, 3.8) is 0 Å². The Morgan fingerprint density at radius 2 is 2.31 bits per heavy atom. The molecule has 0 aromatic carbocycles. The summed E-state index contributed by atoms with van der Waals surface area (Å²) in [5, 5.41) is 0. The van der Waals surface area contributed by atoms with Gasteiger partial charge in [0.05, 0.1) is 13.5 Å². The highest BCUT2D eigenvalue weighted by Crippen LogP contribution is 2.19. The van der Waals surface area contributed by atoms with Gasteiger partial charge in [0.25, 0.3) is 0 Å². The predicted octanol–water partition coefficient (Wildman–Crippen LogP) is 2.15. The van der Waals surface area contributed by atoms with Crippen LogP contribution in [0.25, 0.3) is 0 Å². The van der Waals surface area contributed by atoms with Gasteiger partial charge in [-0.25, -0.2) is 4.98 Å². The van der Waals surface area contributed by atoms with Gasteiger partial charge in [-0.1, -0.05) is 0 Å². The van der Waals surface area contributed by atoms with Crippen LogP contribution < -0.4 is 4.90 Å². The number of pyridine rings is 1. The third-order valence-electron chi connectivity index (χ3n) is 2.30. The van der Waals surface area contributed by atoms with Crippen LogP contribution in [0.15, 0.2) is 16.7 Å². The van der Waals surface area contributed by atoms with Crippen LogP contribution in [-0.4, -0.2) is 31.7 Å². The van der Waals surface area contributed by atoms with Crippen LogP contribution in [0, 0.1) is 6.92 Å². The van der Waals surface area contributed by atoms with E-state index in [1.807, 2.05) is 24.9 Å². The number of anilines is 1. The number of nitrogens with zero attached hydrogens (tertiary/aromatic N) is 2. The molecule has 1 heterocycles. The summed E-state index contributed by atoms with van der Waals surface area (Å²) in [6.45, 7) is 2.60. The third-order valence-corrected chi connectivity index (χ3v) is 3.13. The second-order valence-corrected chi connectivity index (χ2v) is 4.39. The van der Waals surface area contributed by atoms with E-state index in [-0.39, 0.29) is 5.97 Å². The molecule has 0 spiro atoms. The van der Waals surface area contributed by atoms with Crippen LogP contribution >= 0.6 is 15.9 Å². The first kappa shape index (κ1) is 13.0. The first-order valence-corrected chi connectivity index (χ1v) is 5.74. The summed E-state index contributed by atoms with van der Waals surface area (Å²) in [6.07, 6.45) is 2.13. The fourth-order valence-electron chi connectivity index (χ4n) is 1.21. The van der Waals surface area contributed by atoms with Crippen molar-refractivity contribution >= 4 is 27.7 Å². The molecule has 0 N–H and O–H groups in total. The number of ether oxygens (including phenoxy) is 1. The molecule has 0 aliphatic heterocycles. The number of aromatic nitrogens is 1. The summed E-state index contributed by atoms with van der Waals surface area (Å²) in [5.41, 5.74) is 1.12. The van der Waals surface area contributed by atoms with Crippen molar-refractivity contribution in [1.29, 1.82) is 0 Å². The fourth-order valence-corrected chi connectivity index (χ4v) is 1.43. The lowest BCUT2D eigenvalue weighted by molar-refractivity contribution is -0.140. The number of halogens is 1. The molecule has 4 nitrogen and oxygen atoms in total. The van der Waals surface area contributed by atoms with Crippen LogP contribution in [0.5, 0.6) is 0 Å². The van der Waals surface area contributed by atoms with Crippen LogP contribution in [0.3, 0.4) is 0 Å². The van der Waals surface area contributed by atoms with Crippen molar-refractivity contribution in [2.75, 3.05) is 25.6 Å². The van der Waals surface area contributed by atoms with Crippen molar-refractivity contribution in [2.45, 2.75) is 13.3 Å². The van der Waals surface area contributed by atoms with E-state index < -0.39 is 0 Å². The number of aryl methyl sites for hydroxylation is 1. The molecule has 0 saturated heterocycles. The molecule has 0 saturated carbocycles. The normalized spacial score (nSPS) is 10.0. The monoisotopic (exact) mass is 286 g/mol. The Kier molecular flexibility index (Phi) is 4.73. The van der Waals surface area contributed by atoms with Gasteiger partial charge in [0, 0.05) is 24.3 Å². The fraction of sp³-hybridized carbons (Fsp3) is 0.455. The molecular formula is C11H15BrN2O2. The second-order valence-electron chi connectivity index (χ2n) is 3.54. The van der Waals surface area contributed by atoms with E-state index in [0.29, 0.717) is 13.0 Å². The Morgan fingerprint density at radius 1 is 1.62 bits per heavy atom. The molecule has 88 valence electrons. The molecule has 0 amide bonds. The second kappa shape index (κ2) is 5.84. The number of methoxy groups -OCH3 is 1. The molecule has 1 aromatic heterocycles. The van der Waals surface area contributed by atoms with Crippen molar-refractivity contribution < 1.29 is 9.53 Å². The van der Waals surface area contributed by atoms with Crippen LogP contribution in [0.2, 0.25) is 0 Å². The number of hydrogen-bond acceptors (Lipinski definition) is 4. The summed E-state index contributed by atoms with van der Waals surface area (Å²) in [4.78, 5) is 17.2. The molecule has 0 unspecified atom stereocenters. The highest BCUT2D eigenvalue weighted by molar-refractivity contribution is 9.10. The van der Waals surface area contributed by atoms with Crippen LogP contribution in [0.4, 0.5) is 5.82 Å². The molecule has 0 bridgehead atoms. The SMILES string of the molecule is COC(=O)CCN(C)c1cc(C)c(Br)cn1. The largest absolute Gasteiger partial charge is 0.469 e. The Labute approximate surface area is 104 Å². The summed E-state index contributed by atoms with van der Waals surface area (Å²) in [6, 6.07) is 1.97. The summed E-state index contributed by atoms with van der Waals surface area (Å²) in [7, 11) is 3.29. The molecule has 5 heteroatoms. The lowest BCUT2D eigenvalue weighted by Crippen LogP contribution is -2.22. The number of hydrogen-bond donors (Lipinski definition) is 0. The predicted molar refractivity (Wildman–Crippen MR) is 66.6 cm³/mol. The molecule has 1 aromatic rings. The van der Waals surface area contributed by atoms with Gasteiger partial charge in [0.15, 0.2) is 0 Å². The van der Waals surface area contributed by atoms with E-state index in [1.165, 1.54) is 7.11 Å². The lowest BCUT2D eigenvalue weighted by atomic mass is 10.3. The molecule has 0 radical (unpaired) electrons. The number of carbonyl (C=O) groups is 1. The average Bonchev–Trinajstić information content (AvgIpc) is 2.29. The molecule has 1 rings (SSSR count). The van der Waals surface area contributed by atoms with Gasteiger partial charge >= 0.3 is 5.97 Å². The maximum absolute atomic E-state index is 11.0. The van der Waals surface area contributed by atoms with Crippen molar-refractivity contribution in [1.82, 2.24) is 4.98 Å². The Morgan fingerprint density at radius 3 is 2.88 bits per heavy atom. The van der Waals surface area contributed by atoms with Gasteiger partial charge in [-0.2, -0.15) is 0 Å². The minimum atomic E-state index is -0.208. The zero-order chi connectivity index (χ0) is 12.1. The van der Waals surface area contributed by atoms with E-state index in [1.54, 1.807) is 6.20 Å². The third kappa shape index (κ3) is 3.48. The summed E-state index contributed by atoms with van der Waals surface area (Å²) >= 11 is 3.40. The number of esters is 1. The Balaban J connectivity index is 2.62. The first-order valence-electron chi connectivity index (χ1n) is 4.94. The maximum atomic E-state index is 11.0. The molecule has 0 aliphatic carbocycles. The molecule has 0 fully saturated rings. The zero-order valence-corrected chi connectivity index (χ0v) is 11.2. The van der Waals surface area contributed by atoms with E-state index in [4.69, 9.17) is 0 Å². The Hall–Kier alpha value is -1.10. The summed E-state index contributed by atoms with van der Waals surface area (Å²) < 4.78 is 5.57. The van der Waals surface area contributed by atoms with E-state index in [0.717, 1.165) is 15.9 Å². The van der Waals surface area contributed by atoms with Gasteiger partial charge in [-0.15, -0.1) is 0 Å². The smallest absolute Gasteiger partial charge is 0.307 e. The number of rotatable bonds is 4. The van der Waals surface area contributed by atoms with Gasteiger partial charge in [-0.05, 0) is 34.5 Å². The van der Waals surface area contributed by atoms with Crippen molar-refractivity contribution in [3.05, 3.63) is 22.3 Å². The van der Waals surface area contributed by atoms with Crippen molar-refractivity contribution in [2.24, 2.45) is 0 Å². The highest BCUT2D eigenvalue weighted by Gasteiger charge is 2.07. The standard InChI is InChI=1S/C11H15BrN2O2/c1-8-6-10(13-7-9(8)12)14(2)5-4-11(15)16-3/h6-7H,4-5H2,1-3H3. The zero-order valence-electron chi connectivity index (χ0n) is 9.66. The minimum absolute atomic E-state index is 0.208. The summed E-state index contributed by atoms with van der Waals surface area (Å²) in [5.74, 6) is 0.644. The lowest BCUT2D eigenvalue weighted by Gasteiger charge is -2.17. The average molecular weight is 287 g/mol. The van der Waals surface area contributed by atoms with Gasteiger partial charge in [0.2, 0.25) is 0 Å². The first-order chi connectivity index (χ1) is 7.54. The highest BCUT2D eigenvalue weighted by atomic mass is 79.9. The van der Waals surface area contributed by atoms with E-state index in [2.05, 4.69) is 25.7 Å². The minimum Gasteiger partial charge on any atom is -0.469 e. The quantitative estimate of drug-likeness (QED) is 0.796. The molecule has 0 aliphatic rings.